The van der Waals surface area contributed by atoms with E-state index in [-0.39, 0.29) is 0 Å². The van der Waals surface area contributed by atoms with E-state index in [1.807, 2.05) is 0 Å². The lowest BCUT2D eigenvalue weighted by Crippen LogP contribution is -2.08. The first kappa shape index (κ1) is 5.31. The van der Waals surface area contributed by atoms with E-state index in [4.69, 9.17) is 10.4 Å². The average molecular weight is 93.0 g/mol. The van der Waals surface area contributed by atoms with Crippen molar-refractivity contribution in [1.82, 2.24) is 0 Å². The lowest BCUT2D eigenvalue weighted by Gasteiger charge is -1.89. The van der Waals surface area contributed by atoms with E-state index in [0.29, 0.717) is 6.07 Å². The molecule has 0 amide bonds. The van der Waals surface area contributed by atoms with Gasteiger partial charge in [-0.25, -0.2) is 0 Å². The maximum Gasteiger partial charge on any atom is 0.445 e. The van der Waals surface area contributed by atoms with Gasteiger partial charge in [0.2, 0.25) is 0 Å². The van der Waals surface area contributed by atoms with Gasteiger partial charge in [-0.3, -0.25) is 0 Å². The van der Waals surface area contributed by atoms with E-state index < -0.39 is 6.11 Å². The number of alkyl halides is 2. The van der Waals surface area contributed by atoms with Gasteiger partial charge >= 0.3 is 6.11 Å². The molecule has 0 atom stereocenters. The third-order valence-corrected chi connectivity index (χ3v) is 0.135. The van der Waals surface area contributed by atoms with Crippen molar-refractivity contribution in [3.63, 3.8) is 0 Å². The van der Waals surface area contributed by atoms with Crippen LogP contribution in [0, 0.1) is 11.3 Å². The molecule has 0 radical (unpaired) electrons. The van der Waals surface area contributed by atoms with Crippen molar-refractivity contribution in [3.8, 4) is 6.07 Å². The second-order valence-electron chi connectivity index (χ2n) is 0.653. The van der Waals surface area contributed by atoms with E-state index in [1.165, 1.54) is 0 Å². The molecule has 0 unspecified atom stereocenters. The van der Waals surface area contributed by atoms with E-state index in [9.17, 15) is 8.78 Å². The Kier molecular flexibility index (Phi) is 1.05. The number of aliphatic hydroxyl groups is 1. The van der Waals surface area contributed by atoms with E-state index in [1.54, 1.807) is 0 Å². The van der Waals surface area contributed by atoms with E-state index >= 15 is 0 Å². The molecule has 0 heterocycles. The lowest BCUT2D eigenvalue weighted by atomic mass is 10.7. The molecule has 0 aliphatic carbocycles. The Hall–Kier alpha value is -0.690. The standard InChI is InChI=1S/C2HF2NO/c3-2(4,6)1-5/h6H. The number of halogens is 2. The van der Waals surface area contributed by atoms with Crippen molar-refractivity contribution in [2.24, 2.45) is 0 Å². The predicted octanol–water partition coefficient (Wildman–Crippen LogP) is 0.0951. The summed E-state index contributed by atoms with van der Waals surface area (Å²) >= 11 is 0. The molecule has 6 heavy (non-hydrogen) atoms. The highest BCUT2D eigenvalue weighted by molar-refractivity contribution is 4.79. The highest BCUT2D eigenvalue weighted by atomic mass is 19.3. The zero-order chi connectivity index (χ0) is 5.21. The van der Waals surface area contributed by atoms with Gasteiger partial charge in [-0.05, 0) is 0 Å². The van der Waals surface area contributed by atoms with Crippen LogP contribution in [0.1, 0.15) is 0 Å². The third-order valence-electron chi connectivity index (χ3n) is 0.135. The fourth-order valence-corrected chi connectivity index (χ4v) is 0. The highest BCUT2D eigenvalue weighted by Gasteiger charge is 2.21. The maximum atomic E-state index is 10.6. The number of nitrogens with zero attached hydrogens (tertiary/aromatic N) is 1. The van der Waals surface area contributed by atoms with Gasteiger partial charge in [0.15, 0.2) is 6.07 Å². The molecule has 4 heteroatoms. The fourth-order valence-electron chi connectivity index (χ4n) is 0. The first-order chi connectivity index (χ1) is 2.56. The summed E-state index contributed by atoms with van der Waals surface area (Å²) in [6.45, 7) is 0. The van der Waals surface area contributed by atoms with Crippen LogP contribution in [0.3, 0.4) is 0 Å². The summed E-state index contributed by atoms with van der Waals surface area (Å²) in [6.07, 6.45) is -4.15. The SMILES string of the molecule is N#CC(O)(F)F. The molecule has 0 bridgehead atoms. The molecule has 0 saturated heterocycles. The number of hydrogen-bond donors (Lipinski definition) is 1. The van der Waals surface area contributed by atoms with Crippen LogP contribution in [-0.2, 0) is 0 Å². The molecule has 0 fully saturated rings. The molecule has 0 spiro atoms. The quantitative estimate of drug-likeness (QED) is 0.431. The molecule has 0 aromatic heterocycles. The highest BCUT2D eigenvalue weighted by Crippen LogP contribution is 2.02. The molecule has 0 aliphatic heterocycles. The van der Waals surface area contributed by atoms with Gasteiger partial charge in [-0.2, -0.15) is 14.0 Å². The molecule has 0 saturated carbocycles. The van der Waals surface area contributed by atoms with Crippen molar-refractivity contribution >= 4 is 0 Å². The zero-order valence-corrected chi connectivity index (χ0v) is 2.65. The zero-order valence-electron chi connectivity index (χ0n) is 2.65. The van der Waals surface area contributed by atoms with Crippen LogP contribution in [0.5, 0.6) is 0 Å². The lowest BCUT2D eigenvalue weighted by molar-refractivity contribution is -0.147. The van der Waals surface area contributed by atoms with Gasteiger partial charge in [0.25, 0.3) is 0 Å². The predicted molar refractivity (Wildman–Crippen MR) is 12.8 cm³/mol. The molecular weight excluding hydrogens is 92.0 g/mol. The van der Waals surface area contributed by atoms with Crippen LogP contribution >= 0.6 is 0 Å². The van der Waals surface area contributed by atoms with Gasteiger partial charge in [0.1, 0.15) is 0 Å². The molecule has 2 nitrogen and oxygen atoms in total. The van der Waals surface area contributed by atoms with Crippen LogP contribution < -0.4 is 0 Å². The summed E-state index contributed by atoms with van der Waals surface area (Å²) in [5.41, 5.74) is 0. The summed E-state index contributed by atoms with van der Waals surface area (Å²) in [5, 5.41) is 14.3. The van der Waals surface area contributed by atoms with Gasteiger partial charge in [0, 0.05) is 0 Å². The van der Waals surface area contributed by atoms with Gasteiger partial charge < -0.3 is 5.11 Å². The molecule has 0 rings (SSSR count). The Morgan fingerprint density at radius 2 is 1.83 bits per heavy atom. The van der Waals surface area contributed by atoms with Crippen LogP contribution in [0.25, 0.3) is 0 Å². The minimum atomic E-state index is -4.15. The van der Waals surface area contributed by atoms with Gasteiger partial charge in [-0.1, -0.05) is 0 Å². The normalized spacial score (nSPS) is 10.3. The summed E-state index contributed by atoms with van der Waals surface area (Å²) in [5.74, 6) is 0. The van der Waals surface area contributed by atoms with Crippen LogP contribution in [0.15, 0.2) is 0 Å². The molecular formula is C2HF2NO. The Morgan fingerprint density at radius 3 is 1.83 bits per heavy atom. The van der Waals surface area contributed by atoms with Gasteiger partial charge in [-0.15, -0.1) is 0 Å². The smallest absolute Gasteiger partial charge is 0.324 e. The minimum Gasteiger partial charge on any atom is -0.324 e. The monoisotopic (exact) mass is 93.0 g/mol. The Morgan fingerprint density at radius 1 is 1.67 bits per heavy atom. The fraction of sp³-hybridized carbons (Fsp3) is 0.500. The van der Waals surface area contributed by atoms with Crippen molar-refractivity contribution in [1.29, 1.82) is 5.26 Å². The molecule has 34 valence electrons. The average Bonchev–Trinajstić information content (AvgIpc) is 1.35. The van der Waals surface area contributed by atoms with E-state index in [2.05, 4.69) is 0 Å². The summed E-state index contributed by atoms with van der Waals surface area (Å²) in [7, 11) is 0. The van der Waals surface area contributed by atoms with Gasteiger partial charge in [0.05, 0.1) is 0 Å². The second-order valence-corrected chi connectivity index (χ2v) is 0.653. The van der Waals surface area contributed by atoms with Crippen molar-refractivity contribution in [3.05, 3.63) is 0 Å². The number of nitriles is 1. The van der Waals surface area contributed by atoms with E-state index in [0.717, 1.165) is 0 Å². The Labute approximate surface area is 32.6 Å². The van der Waals surface area contributed by atoms with Crippen LogP contribution in [0.2, 0.25) is 0 Å². The van der Waals surface area contributed by atoms with Crippen molar-refractivity contribution in [2.45, 2.75) is 6.11 Å². The Bertz CT molecular complexity index is 78.5. The molecule has 1 N–H and O–H groups in total. The van der Waals surface area contributed by atoms with Crippen LogP contribution in [0.4, 0.5) is 8.78 Å². The van der Waals surface area contributed by atoms with Crippen molar-refractivity contribution < 1.29 is 13.9 Å². The maximum absolute atomic E-state index is 10.6. The third kappa shape index (κ3) is 3.31. The largest absolute Gasteiger partial charge is 0.445 e. The first-order valence-corrected chi connectivity index (χ1v) is 1.08. The molecule has 0 aliphatic rings. The minimum absolute atomic E-state index is 0.326. The second kappa shape index (κ2) is 1.19. The Balaban J connectivity index is 3.55. The number of hydrogen-bond acceptors (Lipinski definition) is 2. The summed E-state index contributed by atoms with van der Waals surface area (Å²) in [6, 6.07) is 0.326. The molecule has 0 aromatic rings. The number of rotatable bonds is 0. The summed E-state index contributed by atoms with van der Waals surface area (Å²) < 4.78 is 21.3. The van der Waals surface area contributed by atoms with Crippen molar-refractivity contribution in [2.75, 3.05) is 0 Å². The van der Waals surface area contributed by atoms with Crippen LogP contribution in [-0.4, -0.2) is 11.2 Å². The summed E-state index contributed by atoms with van der Waals surface area (Å²) in [4.78, 5) is 0. The first-order valence-electron chi connectivity index (χ1n) is 1.08. The topological polar surface area (TPSA) is 44.0 Å². The molecule has 0 aromatic carbocycles.